The Morgan fingerprint density at radius 1 is 1.16 bits per heavy atom. The molecule has 2 heterocycles. The lowest BCUT2D eigenvalue weighted by atomic mass is 10.0. The molecule has 2 aromatic heterocycles. The molecule has 1 unspecified atom stereocenters. The van der Waals surface area contributed by atoms with Crippen molar-refractivity contribution in [3.05, 3.63) is 99.7 Å². The van der Waals surface area contributed by atoms with E-state index in [1.54, 1.807) is 16.8 Å². The molecule has 0 saturated heterocycles. The number of pyridine rings is 1. The van der Waals surface area contributed by atoms with Crippen LogP contribution in [-0.2, 0) is 6.54 Å². The molecule has 4 aromatic rings. The fourth-order valence-electron chi connectivity index (χ4n) is 3.61. The standard InChI is InChI=1S/C23H21FN6O2/c1-3-29-15(2)21(27-28-29)17-11-12-20(30(31)32)19(14-17)26-22(16-8-5-4-6-9-16)23-18(24)10-7-13-25-23/h4-14,22,26H,3H2,1-2H3. The summed E-state index contributed by atoms with van der Waals surface area (Å²) >= 11 is 0. The maximum atomic E-state index is 14.7. The normalized spacial score (nSPS) is 11.8. The molecule has 162 valence electrons. The van der Waals surface area contributed by atoms with E-state index < -0.39 is 16.8 Å². The molecule has 0 aliphatic rings. The first-order chi connectivity index (χ1) is 15.5. The number of aromatic nitrogens is 4. The van der Waals surface area contributed by atoms with Crippen LogP contribution in [0.5, 0.6) is 0 Å². The Morgan fingerprint density at radius 3 is 2.59 bits per heavy atom. The highest BCUT2D eigenvalue weighted by Crippen LogP contribution is 2.35. The van der Waals surface area contributed by atoms with Crippen LogP contribution in [0.25, 0.3) is 11.3 Å². The smallest absolute Gasteiger partial charge is 0.292 e. The van der Waals surface area contributed by atoms with Gasteiger partial charge in [-0.2, -0.15) is 0 Å². The first-order valence-electron chi connectivity index (χ1n) is 10.1. The number of nitrogens with one attached hydrogen (secondary N) is 1. The lowest BCUT2D eigenvalue weighted by molar-refractivity contribution is -0.384. The fraction of sp³-hybridized carbons (Fsp3) is 0.174. The van der Waals surface area contributed by atoms with Crippen LogP contribution in [0.3, 0.4) is 0 Å². The predicted molar refractivity (Wildman–Crippen MR) is 119 cm³/mol. The molecule has 0 bridgehead atoms. The molecular weight excluding hydrogens is 411 g/mol. The largest absolute Gasteiger partial charge is 0.367 e. The van der Waals surface area contributed by atoms with Gasteiger partial charge in [0.25, 0.3) is 5.69 Å². The van der Waals surface area contributed by atoms with Gasteiger partial charge in [0.05, 0.1) is 16.7 Å². The summed E-state index contributed by atoms with van der Waals surface area (Å²) in [6.07, 6.45) is 1.49. The molecule has 0 fully saturated rings. The minimum atomic E-state index is -0.737. The average molecular weight is 432 g/mol. The van der Waals surface area contributed by atoms with Crippen LogP contribution >= 0.6 is 0 Å². The Labute approximate surface area is 183 Å². The van der Waals surface area contributed by atoms with Gasteiger partial charge in [-0.05, 0) is 43.7 Å². The van der Waals surface area contributed by atoms with E-state index >= 15 is 0 Å². The van der Waals surface area contributed by atoms with Gasteiger partial charge in [-0.3, -0.25) is 15.1 Å². The number of nitro groups is 1. The van der Waals surface area contributed by atoms with Gasteiger partial charge < -0.3 is 5.32 Å². The van der Waals surface area contributed by atoms with Crippen molar-refractivity contribution >= 4 is 11.4 Å². The Morgan fingerprint density at radius 2 is 1.94 bits per heavy atom. The summed E-state index contributed by atoms with van der Waals surface area (Å²) < 4.78 is 16.4. The third kappa shape index (κ3) is 4.04. The molecule has 1 N–H and O–H groups in total. The zero-order chi connectivity index (χ0) is 22.7. The summed E-state index contributed by atoms with van der Waals surface area (Å²) in [4.78, 5) is 15.5. The Kier molecular flexibility index (Phi) is 5.89. The van der Waals surface area contributed by atoms with Gasteiger partial charge >= 0.3 is 0 Å². The SMILES string of the molecule is CCn1nnc(-c2ccc([N+](=O)[O-])c(NC(c3ccccc3)c3ncccc3F)c2)c1C. The van der Waals surface area contributed by atoms with Crippen LogP contribution in [0.4, 0.5) is 15.8 Å². The lowest BCUT2D eigenvalue weighted by Crippen LogP contribution is -2.16. The number of anilines is 1. The van der Waals surface area contributed by atoms with Gasteiger partial charge in [0.2, 0.25) is 0 Å². The molecule has 0 spiro atoms. The summed E-state index contributed by atoms with van der Waals surface area (Å²) in [7, 11) is 0. The van der Waals surface area contributed by atoms with Crippen molar-refractivity contribution in [3.63, 3.8) is 0 Å². The topological polar surface area (TPSA) is 98.8 Å². The van der Waals surface area contributed by atoms with Crippen molar-refractivity contribution in [1.29, 1.82) is 0 Å². The second kappa shape index (κ2) is 8.93. The molecule has 0 amide bonds. The number of halogens is 1. The van der Waals surface area contributed by atoms with Gasteiger partial charge in [-0.1, -0.05) is 35.5 Å². The van der Waals surface area contributed by atoms with E-state index in [4.69, 9.17) is 0 Å². The van der Waals surface area contributed by atoms with Crippen LogP contribution in [0.2, 0.25) is 0 Å². The molecule has 0 radical (unpaired) electrons. The highest BCUT2D eigenvalue weighted by atomic mass is 19.1. The molecule has 0 aliphatic heterocycles. The van der Waals surface area contributed by atoms with Crippen LogP contribution in [0, 0.1) is 22.9 Å². The quantitative estimate of drug-likeness (QED) is 0.329. The van der Waals surface area contributed by atoms with E-state index in [0.717, 1.165) is 11.3 Å². The Balaban J connectivity index is 1.83. The molecule has 0 saturated carbocycles. The van der Waals surface area contributed by atoms with Gasteiger partial charge in [0.15, 0.2) is 0 Å². The minimum absolute atomic E-state index is 0.133. The number of nitro benzene ring substituents is 1. The van der Waals surface area contributed by atoms with E-state index in [1.807, 2.05) is 44.2 Å². The van der Waals surface area contributed by atoms with E-state index in [2.05, 4.69) is 20.6 Å². The van der Waals surface area contributed by atoms with E-state index in [0.29, 0.717) is 17.8 Å². The number of nitrogens with zero attached hydrogens (tertiary/aromatic N) is 5. The zero-order valence-electron chi connectivity index (χ0n) is 17.6. The Hall–Kier alpha value is -4.14. The molecule has 9 heteroatoms. The molecule has 32 heavy (non-hydrogen) atoms. The monoisotopic (exact) mass is 432 g/mol. The maximum Gasteiger partial charge on any atom is 0.292 e. The van der Waals surface area contributed by atoms with Gasteiger partial charge in [-0.15, -0.1) is 5.10 Å². The molecule has 0 aliphatic carbocycles. The fourth-order valence-corrected chi connectivity index (χ4v) is 3.61. The summed E-state index contributed by atoms with van der Waals surface area (Å²) in [5, 5.41) is 23.2. The summed E-state index contributed by atoms with van der Waals surface area (Å²) in [6, 6.07) is 15.9. The number of rotatable bonds is 7. The van der Waals surface area contributed by atoms with Crippen molar-refractivity contribution in [1.82, 2.24) is 20.0 Å². The first kappa shape index (κ1) is 21.1. The molecule has 1 atom stereocenters. The maximum absolute atomic E-state index is 14.7. The third-order valence-electron chi connectivity index (χ3n) is 5.24. The predicted octanol–water partition coefficient (Wildman–Crippen LogP) is 4.92. The van der Waals surface area contributed by atoms with Crippen molar-refractivity contribution in [3.8, 4) is 11.3 Å². The van der Waals surface area contributed by atoms with E-state index in [9.17, 15) is 14.5 Å². The van der Waals surface area contributed by atoms with Gasteiger partial charge in [-0.25, -0.2) is 9.07 Å². The van der Waals surface area contributed by atoms with Crippen molar-refractivity contribution in [2.24, 2.45) is 0 Å². The summed E-state index contributed by atoms with van der Waals surface area (Å²) in [6.45, 7) is 4.51. The number of benzene rings is 2. The molecular formula is C23H21FN6O2. The highest BCUT2D eigenvalue weighted by molar-refractivity contribution is 5.74. The van der Waals surface area contributed by atoms with Crippen molar-refractivity contribution < 1.29 is 9.31 Å². The van der Waals surface area contributed by atoms with Crippen molar-refractivity contribution in [2.45, 2.75) is 26.4 Å². The molecule has 4 rings (SSSR count). The zero-order valence-corrected chi connectivity index (χ0v) is 17.6. The van der Waals surface area contributed by atoms with Crippen molar-refractivity contribution in [2.75, 3.05) is 5.32 Å². The molecule has 8 nitrogen and oxygen atoms in total. The van der Waals surface area contributed by atoms with E-state index in [-0.39, 0.29) is 17.1 Å². The lowest BCUT2D eigenvalue weighted by Gasteiger charge is -2.21. The van der Waals surface area contributed by atoms with E-state index in [1.165, 1.54) is 24.4 Å². The van der Waals surface area contributed by atoms with Gasteiger partial charge in [0, 0.05) is 24.4 Å². The Bertz CT molecular complexity index is 1260. The summed E-state index contributed by atoms with van der Waals surface area (Å²) in [5.74, 6) is -0.505. The van der Waals surface area contributed by atoms with Gasteiger partial charge in [0.1, 0.15) is 22.9 Å². The number of hydrogen-bond acceptors (Lipinski definition) is 6. The first-order valence-corrected chi connectivity index (χ1v) is 10.1. The number of aryl methyl sites for hydroxylation is 1. The minimum Gasteiger partial charge on any atom is -0.367 e. The highest BCUT2D eigenvalue weighted by Gasteiger charge is 2.24. The number of hydrogen-bond donors (Lipinski definition) is 1. The molecule has 2 aromatic carbocycles. The van der Waals surface area contributed by atoms with Crippen LogP contribution in [0.1, 0.15) is 29.9 Å². The average Bonchev–Trinajstić information content (AvgIpc) is 3.18. The summed E-state index contributed by atoms with van der Waals surface area (Å²) in [5.41, 5.74) is 3.11. The third-order valence-corrected chi connectivity index (χ3v) is 5.24. The van der Waals surface area contributed by atoms with Crippen LogP contribution in [0.15, 0.2) is 66.9 Å². The second-order valence-electron chi connectivity index (χ2n) is 7.19. The van der Waals surface area contributed by atoms with Crippen LogP contribution < -0.4 is 5.32 Å². The van der Waals surface area contributed by atoms with Crippen LogP contribution in [-0.4, -0.2) is 24.9 Å². The second-order valence-corrected chi connectivity index (χ2v) is 7.19.